The van der Waals surface area contributed by atoms with Crippen LogP contribution in [0.15, 0.2) is 34.9 Å². The van der Waals surface area contributed by atoms with Crippen LogP contribution in [0.1, 0.15) is 53.9 Å². The summed E-state index contributed by atoms with van der Waals surface area (Å²) in [5.41, 5.74) is 2.42. The molecule has 1 fully saturated rings. The number of amides is 1. The lowest BCUT2D eigenvalue weighted by Crippen LogP contribution is -2.12. The number of aromatic nitrogens is 1. The van der Waals surface area contributed by atoms with Gasteiger partial charge in [0, 0.05) is 17.7 Å². The summed E-state index contributed by atoms with van der Waals surface area (Å²) in [6.45, 7) is 2.15. The Kier molecular flexibility index (Phi) is 3.54. The first-order valence-corrected chi connectivity index (χ1v) is 7.13. The lowest BCUT2D eigenvalue weighted by atomic mass is 10.1. The van der Waals surface area contributed by atoms with Crippen molar-refractivity contribution in [3.63, 3.8) is 0 Å². The molecule has 0 saturated heterocycles. The molecule has 1 amide bonds. The Balaban J connectivity index is 1.64. The van der Waals surface area contributed by atoms with Crippen molar-refractivity contribution >= 4 is 11.6 Å². The third-order valence-electron chi connectivity index (χ3n) is 3.49. The highest BCUT2D eigenvalue weighted by atomic mass is 16.5. The van der Waals surface area contributed by atoms with Crippen molar-refractivity contribution in [2.75, 3.05) is 5.32 Å². The first-order valence-electron chi connectivity index (χ1n) is 7.13. The SMILES string of the molecule is CCCc1ccc(NC(=O)c2cc(C3CC3)on2)cc1. The van der Waals surface area contributed by atoms with Gasteiger partial charge in [-0.05, 0) is 37.0 Å². The van der Waals surface area contributed by atoms with Gasteiger partial charge in [-0.1, -0.05) is 30.6 Å². The highest BCUT2D eigenvalue weighted by Crippen LogP contribution is 2.40. The maximum Gasteiger partial charge on any atom is 0.277 e. The second-order valence-electron chi connectivity index (χ2n) is 5.29. The summed E-state index contributed by atoms with van der Waals surface area (Å²) < 4.78 is 5.19. The van der Waals surface area contributed by atoms with Crippen LogP contribution in [0.2, 0.25) is 0 Å². The number of rotatable bonds is 5. The fraction of sp³-hybridized carbons (Fsp3) is 0.375. The molecular weight excluding hydrogens is 252 g/mol. The molecule has 1 aliphatic rings. The number of carbonyl (C=O) groups excluding carboxylic acids is 1. The van der Waals surface area contributed by atoms with Crippen molar-refractivity contribution in [2.45, 2.75) is 38.5 Å². The summed E-state index contributed by atoms with van der Waals surface area (Å²) in [5.74, 6) is 1.08. The van der Waals surface area contributed by atoms with E-state index in [4.69, 9.17) is 4.52 Å². The molecule has 0 bridgehead atoms. The molecular formula is C16H18N2O2. The number of hydrogen-bond acceptors (Lipinski definition) is 3. The minimum absolute atomic E-state index is 0.219. The molecule has 1 aromatic carbocycles. The van der Waals surface area contributed by atoms with Gasteiger partial charge in [-0.2, -0.15) is 0 Å². The van der Waals surface area contributed by atoms with Crippen LogP contribution in [0.25, 0.3) is 0 Å². The zero-order valence-electron chi connectivity index (χ0n) is 11.6. The highest BCUT2D eigenvalue weighted by molar-refractivity contribution is 6.02. The summed E-state index contributed by atoms with van der Waals surface area (Å²) in [6, 6.07) is 9.67. The quantitative estimate of drug-likeness (QED) is 0.900. The molecule has 0 atom stereocenters. The standard InChI is InChI=1S/C16H18N2O2/c1-2-3-11-4-8-13(9-5-11)17-16(19)14-10-15(20-18-14)12-6-7-12/h4-5,8-10,12H,2-3,6-7H2,1H3,(H,17,19). The van der Waals surface area contributed by atoms with Gasteiger partial charge in [0.15, 0.2) is 5.69 Å². The van der Waals surface area contributed by atoms with Crippen LogP contribution in [0.3, 0.4) is 0 Å². The van der Waals surface area contributed by atoms with Crippen LogP contribution >= 0.6 is 0 Å². The smallest absolute Gasteiger partial charge is 0.277 e. The van der Waals surface area contributed by atoms with E-state index in [-0.39, 0.29) is 5.91 Å². The van der Waals surface area contributed by atoms with Crippen molar-refractivity contribution in [1.82, 2.24) is 5.16 Å². The molecule has 0 unspecified atom stereocenters. The lowest BCUT2D eigenvalue weighted by Gasteiger charge is -2.04. The Bertz CT molecular complexity index is 597. The summed E-state index contributed by atoms with van der Waals surface area (Å²) in [6.07, 6.45) is 4.45. The van der Waals surface area contributed by atoms with Crippen LogP contribution in [0.5, 0.6) is 0 Å². The van der Waals surface area contributed by atoms with Crippen LogP contribution in [0, 0.1) is 0 Å². The molecule has 1 aliphatic carbocycles. The molecule has 1 heterocycles. The molecule has 3 rings (SSSR count). The zero-order valence-corrected chi connectivity index (χ0v) is 11.6. The van der Waals surface area contributed by atoms with E-state index in [1.807, 2.05) is 24.3 Å². The Morgan fingerprint density at radius 3 is 2.75 bits per heavy atom. The normalized spacial score (nSPS) is 14.2. The van der Waals surface area contributed by atoms with Crippen molar-refractivity contribution in [1.29, 1.82) is 0 Å². The molecule has 20 heavy (non-hydrogen) atoms. The van der Waals surface area contributed by atoms with Gasteiger partial charge in [0.05, 0.1) is 0 Å². The van der Waals surface area contributed by atoms with Crippen LogP contribution in [0.4, 0.5) is 5.69 Å². The molecule has 0 aliphatic heterocycles. The van der Waals surface area contributed by atoms with Gasteiger partial charge in [-0.25, -0.2) is 0 Å². The minimum atomic E-state index is -0.219. The van der Waals surface area contributed by atoms with Crippen LogP contribution < -0.4 is 5.32 Å². The maximum atomic E-state index is 12.0. The molecule has 2 aromatic rings. The number of hydrogen-bond donors (Lipinski definition) is 1. The number of anilines is 1. The first kappa shape index (κ1) is 12.9. The Morgan fingerprint density at radius 1 is 1.35 bits per heavy atom. The Morgan fingerprint density at radius 2 is 2.10 bits per heavy atom. The second kappa shape index (κ2) is 5.49. The number of carbonyl (C=O) groups is 1. The van der Waals surface area contributed by atoms with Crippen LogP contribution in [-0.2, 0) is 6.42 Å². The molecule has 4 heteroatoms. The number of aryl methyl sites for hydroxylation is 1. The molecule has 1 saturated carbocycles. The predicted octanol–water partition coefficient (Wildman–Crippen LogP) is 3.76. The van der Waals surface area contributed by atoms with E-state index in [0.717, 1.165) is 37.1 Å². The van der Waals surface area contributed by atoms with E-state index in [2.05, 4.69) is 17.4 Å². The van der Waals surface area contributed by atoms with Crippen molar-refractivity contribution < 1.29 is 9.32 Å². The van der Waals surface area contributed by atoms with E-state index in [1.54, 1.807) is 6.07 Å². The van der Waals surface area contributed by atoms with Crippen molar-refractivity contribution in [2.24, 2.45) is 0 Å². The molecule has 1 aromatic heterocycles. The third kappa shape index (κ3) is 2.90. The third-order valence-corrected chi connectivity index (χ3v) is 3.49. The average molecular weight is 270 g/mol. The largest absolute Gasteiger partial charge is 0.360 e. The van der Waals surface area contributed by atoms with Crippen LogP contribution in [-0.4, -0.2) is 11.1 Å². The molecule has 1 N–H and O–H groups in total. The topological polar surface area (TPSA) is 55.1 Å². The number of benzene rings is 1. The van der Waals surface area contributed by atoms with Gasteiger partial charge in [0.25, 0.3) is 5.91 Å². The van der Waals surface area contributed by atoms with Gasteiger partial charge < -0.3 is 9.84 Å². The lowest BCUT2D eigenvalue weighted by molar-refractivity contribution is 0.101. The van der Waals surface area contributed by atoms with E-state index in [9.17, 15) is 4.79 Å². The predicted molar refractivity (Wildman–Crippen MR) is 76.9 cm³/mol. The summed E-state index contributed by atoms with van der Waals surface area (Å²) in [5, 5.41) is 6.67. The van der Waals surface area contributed by atoms with Gasteiger partial charge in [0.2, 0.25) is 0 Å². The highest BCUT2D eigenvalue weighted by Gasteiger charge is 2.28. The maximum absolute atomic E-state index is 12.0. The number of nitrogens with zero attached hydrogens (tertiary/aromatic N) is 1. The fourth-order valence-electron chi connectivity index (χ4n) is 2.20. The van der Waals surface area contributed by atoms with Gasteiger partial charge >= 0.3 is 0 Å². The van der Waals surface area contributed by atoms with Gasteiger partial charge in [-0.3, -0.25) is 4.79 Å². The molecule has 0 spiro atoms. The van der Waals surface area contributed by atoms with Crippen molar-refractivity contribution in [3.8, 4) is 0 Å². The fourth-order valence-corrected chi connectivity index (χ4v) is 2.20. The summed E-state index contributed by atoms with van der Waals surface area (Å²) in [7, 11) is 0. The van der Waals surface area contributed by atoms with Gasteiger partial charge in [-0.15, -0.1) is 0 Å². The molecule has 0 radical (unpaired) electrons. The second-order valence-corrected chi connectivity index (χ2v) is 5.29. The zero-order chi connectivity index (χ0) is 13.9. The van der Waals surface area contributed by atoms with E-state index >= 15 is 0 Å². The Labute approximate surface area is 118 Å². The van der Waals surface area contributed by atoms with E-state index in [1.165, 1.54) is 5.56 Å². The van der Waals surface area contributed by atoms with Crippen molar-refractivity contribution in [3.05, 3.63) is 47.3 Å². The monoisotopic (exact) mass is 270 g/mol. The first-order chi connectivity index (χ1) is 9.76. The average Bonchev–Trinajstić information content (AvgIpc) is 3.19. The minimum Gasteiger partial charge on any atom is -0.360 e. The Hall–Kier alpha value is -2.10. The molecule has 104 valence electrons. The van der Waals surface area contributed by atoms with E-state index in [0.29, 0.717) is 11.6 Å². The number of nitrogens with one attached hydrogen (secondary N) is 1. The summed E-state index contributed by atoms with van der Waals surface area (Å²) in [4.78, 5) is 12.0. The summed E-state index contributed by atoms with van der Waals surface area (Å²) >= 11 is 0. The van der Waals surface area contributed by atoms with E-state index < -0.39 is 0 Å². The molecule has 4 nitrogen and oxygen atoms in total. The van der Waals surface area contributed by atoms with Gasteiger partial charge in [0.1, 0.15) is 5.76 Å².